The van der Waals surface area contributed by atoms with Gasteiger partial charge in [0.15, 0.2) is 0 Å². The van der Waals surface area contributed by atoms with Crippen LogP contribution in [0.2, 0.25) is 0 Å². The lowest BCUT2D eigenvalue weighted by Crippen LogP contribution is -2.13. The van der Waals surface area contributed by atoms with Crippen molar-refractivity contribution in [3.8, 4) is 0 Å². The van der Waals surface area contributed by atoms with E-state index in [0.717, 1.165) is 5.69 Å². The van der Waals surface area contributed by atoms with Gasteiger partial charge in [-0.2, -0.15) is 0 Å². The highest BCUT2D eigenvalue weighted by Crippen LogP contribution is 2.07. The van der Waals surface area contributed by atoms with Crippen LogP contribution in [0.15, 0.2) is 42.7 Å². The normalized spacial score (nSPS) is 10.0. The Hall–Kier alpha value is -2.76. The minimum Gasteiger partial charge on any atom is -0.477 e. The summed E-state index contributed by atoms with van der Waals surface area (Å²) in [5, 5.41) is 11.4. The molecule has 0 spiro atoms. The van der Waals surface area contributed by atoms with Crippen molar-refractivity contribution in [2.75, 3.05) is 5.32 Å². The van der Waals surface area contributed by atoms with Crippen LogP contribution in [0, 0.1) is 0 Å². The summed E-state index contributed by atoms with van der Waals surface area (Å²) in [5.74, 6) is -1.27. The average Bonchev–Trinajstić information content (AvgIpc) is 2.47. The number of carbonyl (C=O) groups excluding carboxylic acids is 1. The number of pyridine rings is 2. The second-order valence-electron chi connectivity index (χ2n) is 4.11. The molecule has 2 aromatic heterocycles. The predicted molar refractivity (Wildman–Crippen MR) is 72.4 cm³/mol. The van der Waals surface area contributed by atoms with E-state index in [1.807, 2.05) is 18.2 Å². The van der Waals surface area contributed by atoms with Crippen LogP contribution in [0.25, 0.3) is 0 Å². The topological polar surface area (TPSA) is 92.2 Å². The van der Waals surface area contributed by atoms with Crippen LogP contribution in [0.3, 0.4) is 0 Å². The molecule has 102 valence electrons. The molecular weight excluding hydrogens is 258 g/mol. The number of carbonyl (C=O) groups is 2. The summed E-state index contributed by atoms with van der Waals surface area (Å²) >= 11 is 0. The number of hydrogen-bond acceptors (Lipinski definition) is 4. The number of aryl methyl sites for hydroxylation is 1. The van der Waals surface area contributed by atoms with Gasteiger partial charge in [-0.25, -0.2) is 9.78 Å². The van der Waals surface area contributed by atoms with Crippen molar-refractivity contribution in [3.05, 3.63) is 54.1 Å². The molecular formula is C14H13N3O3. The number of amides is 1. The number of nitrogens with zero attached hydrogens (tertiary/aromatic N) is 2. The molecule has 0 aromatic carbocycles. The van der Waals surface area contributed by atoms with Gasteiger partial charge in [-0.3, -0.25) is 9.78 Å². The summed E-state index contributed by atoms with van der Waals surface area (Å²) in [5.41, 5.74) is 1.26. The summed E-state index contributed by atoms with van der Waals surface area (Å²) in [7, 11) is 0. The number of anilines is 1. The van der Waals surface area contributed by atoms with E-state index in [1.54, 1.807) is 6.20 Å². The van der Waals surface area contributed by atoms with Crippen molar-refractivity contribution in [2.45, 2.75) is 12.8 Å². The number of aromatic carboxylic acids is 1. The van der Waals surface area contributed by atoms with E-state index in [-0.39, 0.29) is 11.6 Å². The minimum atomic E-state index is -1.10. The highest BCUT2D eigenvalue weighted by atomic mass is 16.4. The molecule has 1 amide bonds. The summed E-state index contributed by atoms with van der Waals surface area (Å²) in [6, 6.07) is 8.40. The van der Waals surface area contributed by atoms with Crippen molar-refractivity contribution >= 4 is 17.6 Å². The van der Waals surface area contributed by atoms with E-state index >= 15 is 0 Å². The van der Waals surface area contributed by atoms with Crippen molar-refractivity contribution < 1.29 is 14.7 Å². The molecule has 20 heavy (non-hydrogen) atoms. The number of nitrogens with one attached hydrogen (secondary N) is 1. The zero-order valence-corrected chi connectivity index (χ0v) is 10.6. The first kappa shape index (κ1) is 13.7. The van der Waals surface area contributed by atoms with Gasteiger partial charge in [-0.15, -0.1) is 0 Å². The van der Waals surface area contributed by atoms with Gasteiger partial charge in [0.1, 0.15) is 5.69 Å². The maximum absolute atomic E-state index is 11.7. The Morgan fingerprint density at radius 3 is 2.60 bits per heavy atom. The van der Waals surface area contributed by atoms with E-state index in [0.29, 0.717) is 18.5 Å². The van der Waals surface area contributed by atoms with Gasteiger partial charge in [-0.1, -0.05) is 6.07 Å². The van der Waals surface area contributed by atoms with Crippen molar-refractivity contribution in [1.82, 2.24) is 9.97 Å². The molecule has 0 saturated carbocycles. The molecule has 0 fully saturated rings. The van der Waals surface area contributed by atoms with Gasteiger partial charge in [0, 0.05) is 18.3 Å². The Morgan fingerprint density at radius 2 is 2.00 bits per heavy atom. The number of hydrogen-bond donors (Lipinski definition) is 2. The van der Waals surface area contributed by atoms with Gasteiger partial charge in [0.2, 0.25) is 5.91 Å². The molecule has 0 unspecified atom stereocenters. The fraction of sp³-hybridized carbons (Fsp3) is 0.143. The smallest absolute Gasteiger partial charge is 0.354 e. The first-order valence-electron chi connectivity index (χ1n) is 6.04. The highest BCUT2D eigenvalue weighted by Gasteiger charge is 2.06. The Balaban J connectivity index is 1.86. The SMILES string of the molecule is O=C(CCc1ccccn1)Nc1ccc(C(=O)O)nc1. The maximum atomic E-state index is 11.7. The zero-order chi connectivity index (χ0) is 14.4. The number of rotatable bonds is 5. The molecule has 2 N–H and O–H groups in total. The summed E-state index contributed by atoms with van der Waals surface area (Å²) in [4.78, 5) is 30.2. The predicted octanol–water partition coefficient (Wildman–Crippen LogP) is 1.75. The first-order valence-corrected chi connectivity index (χ1v) is 6.04. The molecule has 6 heteroatoms. The van der Waals surface area contributed by atoms with Gasteiger partial charge < -0.3 is 10.4 Å². The monoisotopic (exact) mass is 271 g/mol. The van der Waals surface area contributed by atoms with Crippen LogP contribution in [0.4, 0.5) is 5.69 Å². The Labute approximate surface area is 115 Å². The van der Waals surface area contributed by atoms with E-state index in [1.165, 1.54) is 18.3 Å². The third-order valence-corrected chi connectivity index (χ3v) is 2.60. The quantitative estimate of drug-likeness (QED) is 0.864. The van der Waals surface area contributed by atoms with E-state index in [4.69, 9.17) is 5.11 Å². The zero-order valence-electron chi connectivity index (χ0n) is 10.6. The molecule has 0 aliphatic heterocycles. The summed E-state index contributed by atoms with van der Waals surface area (Å²) < 4.78 is 0. The van der Waals surface area contributed by atoms with Crippen LogP contribution in [0.5, 0.6) is 0 Å². The van der Waals surface area contributed by atoms with Crippen molar-refractivity contribution in [2.24, 2.45) is 0 Å². The summed E-state index contributed by atoms with van der Waals surface area (Å²) in [6.07, 6.45) is 3.86. The second kappa shape index (κ2) is 6.42. The second-order valence-corrected chi connectivity index (χ2v) is 4.11. The van der Waals surface area contributed by atoms with Crippen LogP contribution in [-0.4, -0.2) is 27.0 Å². The molecule has 0 atom stereocenters. The van der Waals surface area contributed by atoms with E-state index in [9.17, 15) is 9.59 Å². The standard InChI is InChI=1S/C14H13N3O3/c18-13(7-5-10-3-1-2-8-15-10)17-11-4-6-12(14(19)20)16-9-11/h1-4,6,8-9H,5,7H2,(H,17,18)(H,19,20). The number of aromatic nitrogens is 2. The van der Waals surface area contributed by atoms with Crippen molar-refractivity contribution in [3.63, 3.8) is 0 Å². The van der Waals surface area contributed by atoms with Crippen LogP contribution >= 0.6 is 0 Å². The first-order chi connectivity index (χ1) is 9.65. The van der Waals surface area contributed by atoms with Gasteiger partial charge in [0.25, 0.3) is 0 Å². The van der Waals surface area contributed by atoms with E-state index in [2.05, 4.69) is 15.3 Å². The van der Waals surface area contributed by atoms with Crippen LogP contribution < -0.4 is 5.32 Å². The van der Waals surface area contributed by atoms with Crippen LogP contribution in [0.1, 0.15) is 22.6 Å². The minimum absolute atomic E-state index is 0.0588. The lowest BCUT2D eigenvalue weighted by Gasteiger charge is -2.04. The number of carboxylic acids is 1. The number of carboxylic acid groups (broad SMARTS) is 1. The molecule has 2 rings (SSSR count). The fourth-order valence-electron chi connectivity index (χ4n) is 1.61. The average molecular weight is 271 g/mol. The maximum Gasteiger partial charge on any atom is 0.354 e. The Morgan fingerprint density at radius 1 is 1.15 bits per heavy atom. The molecule has 2 aromatic rings. The molecule has 0 bridgehead atoms. The lowest BCUT2D eigenvalue weighted by molar-refractivity contribution is -0.116. The summed E-state index contributed by atoms with van der Waals surface area (Å²) in [6.45, 7) is 0. The van der Waals surface area contributed by atoms with Gasteiger partial charge in [0.05, 0.1) is 11.9 Å². The molecule has 6 nitrogen and oxygen atoms in total. The molecule has 0 aliphatic rings. The lowest BCUT2D eigenvalue weighted by atomic mass is 10.2. The molecule has 2 heterocycles. The van der Waals surface area contributed by atoms with Gasteiger partial charge >= 0.3 is 5.97 Å². The third-order valence-electron chi connectivity index (χ3n) is 2.60. The van der Waals surface area contributed by atoms with E-state index < -0.39 is 5.97 Å². The molecule has 0 aliphatic carbocycles. The van der Waals surface area contributed by atoms with Crippen molar-refractivity contribution in [1.29, 1.82) is 0 Å². The Kier molecular flexibility index (Phi) is 4.39. The molecule has 0 radical (unpaired) electrons. The van der Waals surface area contributed by atoms with Crippen LogP contribution in [-0.2, 0) is 11.2 Å². The third kappa shape index (κ3) is 3.88. The fourth-order valence-corrected chi connectivity index (χ4v) is 1.61. The van der Waals surface area contributed by atoms with Gasteiger partial charge in [-0.05, 0) is 30.7 Å². The molecule has 0 saturated heterocycles. The Bertz CT molecular complexity index is 597. The highest BCUT2D eigenvalue weighted by molar-refractivity contribution is 5.91. The largest absolute Gasteiger partial charge is 0.477 e.